The molecule has 2 atom stereocenters. The van der Waals surface area contributed by atoms with Crippen LogP contribution in [-0.2, 0) is 11.2 Å². The van der Waals surface area contributed by atoms with Gasteiger partial charge in [0.05, 0.1) is 11.6 Å². The van der Waals surface area contributed by atoms with Gasteiger partial charge in [0.15, 0.2) is 0 Å². The van der Waals surface area contributed by atoms with Gasteiger partial charge >= 0.3 is 0 Å². The highest BCUT2D eigenvalue weighted by Gasteiger charge is 2.35. The van der Waals surface area contributed by atoms with Gasteiger partial charge in [-0.2, -0.15) is 0 Å². The van der Waals surface area contributed by atoms with E-state index < -0.39 is 0 Å². The Balaban J connectivity index is 2.16. The highest BCUT2D eigenvalue weighted by molar-refractivity contribution is 5.28. The van der Waals surface area contributed by atoms with Crippen molar-refractivity contribution in [3.63, 3.8) is 0 Å². The molecule has 0 aliphatic carbocycles. The van der Waals surface area contributed by atoms with Crippen molar-refractivity contribution >= 4 is 0 Å². The van der Waals surface area contributed by atoms with Gasteiger partial charge < -0.3 is 10.5 Å². The Hall–Kier alpha value is -0.860. The zero-order chi connectivity index (χ0) is 13.0. The fourth-order valence-corrected chi connectivity index (χ4v) is 2.78. The molecule has 0 amide bonds. The highest BCUT2D eigenvalue weighted by atomic mass is 16.5. The number of ether oxygens (including phenoxy) is 1. The average Bonchev–Trinajstić information content (AvgIpc) is 2.39. The summed E-state index contributed by atoms with van der Waals surface area (Å²) in [6.45, 7) is 5.21. The largest absolute Gasteiger partial charge is 0.373 e. The summed E-state index contributed by atoms with van der Waals surface area (Å²) in [7, 11) is 0. The van der Waals surface area contributed by atoms with Crippen molar-refractivity contribution in [3.8, 4) is 0 Å². The van der Waals surface area contributed by atoms with E-state index in [9.17, 15) is 0 Å². The van der Waals surface area contributed by atoms with Crippen molar-refractivity contribution in [1.29, 1.82) is 0 Å². The number of benzene rings is 1. The van der Waals surface area contributed by atoms with E-state index in [1.54, 1.807) is 0 Å². The van der Waals surface area contributed by atoms with Crippen LogP contribution in [0.4, 0.5) is 0 Å². The third kappa shape index (κ3) is 2.93. The summed E-state index contributed by atoms with van der Waals surface area (Å²) in [5.74, 6) is 0. The van der Waals surface area contributed by atoms with Crippen LogP contribution in [-0.4, -0.2) is 12.2 Å². The predicted octanol–water partition coefficient (Wildman–Crippen LogP) is 3.60. The number of rotatable bonds is 4. The third-order valence-corrected chi connectivity index (χ3v) is 4.01. The molecule has 1 saturated heterocycles. The van der Waals surface area contributed by atoms with Crippen LogP contribution in [0.1, 0.15) is 56.7 Å². The van der Waals surface area contributed by atoms with Gasteiger partial charge in [-0.05, 0) is 43.7 Å². The van der Waals surface area contributed by atoms with Gasteiger partial charge in [-0.15, -0.1) is 0 Å². The molecular weight excluding hydrogens is 222 g/mol. The number of hydrogen-bond donors (Lipinski definition) is 1. The Bertz CT molecular complexity index is 382. The number of aryl methyl sites for hydroxylation is 1. The second-order valence-corrected chi connectivity index (χ2v) is 5.59. The lowest BCUT2D eigenvalue weighted by Crippen LogP contribution is -2.43. The van der Waals surface area contributed by atoms with Crippen LogP contribution >= 0.6 is 0 Å². The van der Waals surface area contributed by atoms with Crippen molar-refractivity contribution < 1.29 is 4.74 Å². The Morgan fingerprint density at radius 1 is 1.39 bits per heavy atom. The molecular formula is C16H25NO. The average molecular weight is 247 g/mol. The first-order valence-corrected chi connectivity index (χ1v) is 7.14. The second-order valence-electron chi connectivity index (χ2n) is 5.59. The second kappa shape index (κ2) is 5.85. The molecule has 2 nitrogen and oxygen atoms in total. The fraction of sp³-hybridized carbons (Fsp3) is 0.625. The van der Waals surface area contributed by atoms with Gasteiger partial charge in [-0.3, -0.25) is 0 Å². The van der Waals surface area contributed by atoms with Crippen molar-refractivity contribution in [3.05, 3.63) is 35.4 Å². The molecule has 1 heterocycles. The van der Waals surface area contributed by atoms with Crippen LogP contribution in [0.2, 0.25) is 0 Å². The summed E-state index contributed by atoms with van der Waals surface area (Å²) in [5.41, 5.74) is 8.85. The monoisotopic (exact) mass is 247 g/mol. The van der Waals surface area contributed by atoms with Crippen LogP contribution in [0.25, 0.3) is 0 Å². The van der Waals surface area contributed by atoms with E-state index in [1.165, 1.54) is 24.0 Å². The topological polar surface area (TPSA) is 35.2 Å². The Morgan fingerprint density at radius 3 is 2.89 bits per heavy atom. The molecule has 2 unspecified atom stereocenters. The molecule has 0 radical (unpaired) electrons. The van der Waals surface area contributed by atoms with E-state index in [4.69, 9.17) is 10.5 Å². The molecule has 2 N–H and O–H groups in total. The smallest absolute Gasteiger partial charge is 0.0846 e. The van der Waals surface area contributed by atoms with Gasteiger partial charge in [-0.25, -0.2) is 0 Å². The lowest BCUT2D eigenvalue weighted by molar-refractivity contribution is -0.0820. The van der Waals surface area contributed by atoms with Gasteiger partial charge in [-0.1, -0.05) is 37.6 Å². The molecule has 1 aromatic rings. The van der Waals surface area contributed by atoms with Crippen LogP contribution in [0, 0.1) is 0 Å². The van der Waals surface area contributed by atoms with E-state index in [-0.39, 0.29) is 11.6 Å². The molecule has 1 aromatic carbocycles. The summed E-state index contributed by atoms with van der Waals surface area (Å²) in [6, 6.07) is 8.66. The van der Waals surface area contributed by atoms with E-state index >= 15 is 0 Å². The van der Waals surface area contributed by atoms with Gasteiger partial charge in [0.25, 0.3) is 0 Å². The molecule has 2 rings (SSSR count). The maximum atomic E-state index is 6.44. The van der Waals surface area contributed by atoms with Gasteiger partial charge in [0.1, 0.15) is 0 Å². The van der Waals surface area contributed by atoms with Crippen molar-refractivity contribution in [1.82, 2.24) is 0 Å². The first kappa shape index (κ1) is 13.6. The molecule has 1 aliphatic heterocycles. The Kier molecular flexibility index (Phi) is 4.41. The van der Waals surface area contributed by atoms with Crippen LogP contribution < -0.4 is 5.73 Å². The minimum absolute atomic E-state index is 0.0189. The van der Waals surface area contributed by atoms with Crippen molar-refractivity contribution in [2.75, 3.05) is 6.61 Å². The Labute approximate surface area is 111 Å². The summed E-state index contributed by atoms with van der Waals surface area (Å²) in [4.78, 5) is 0. The normalized spacial score (nSPS) is 25.9. The minimum Gasteiger partial charge on any atom is -0.373 e. The van der Waals surface area contributed by atoms with Crippen LogP contribution in [0.5, 0.6) is 0 Å². The van der Waals surface area contributed by atoms with Gasteiger partial charge in [0, 0.05) is 6.61 Å². The van der Waals surface area contributed by atoms with Gasteiger partial charge in [0.2, 0.25) is 0 Å². The predicted molar refractivity (Wildman–Crippen MR) is 75.6 cm³/mol. The molecule has 0 aromatic heterocycles. The molecule has 0 saturated carbocycles. The first-order chi connectivity index (χ1) is 8.65. The highest BCUT2D eigenvalue weighted by Crippen LogP contribution is 2.35. The molecule has 0 bridgehead atoms. The van der Waals surface area contributed by atoms with Crippen molar-refractivity contribution in [2.45, 2.75) is 57.6 Å². The molecule has 1 aliphatic rings. The third-order valence-electron chi connectivity index (χ3n) is 4.01. The summed E-state index contributed by atoms with van der Waals surface area (Å²) in [6.07, 6.45) is 5.74. The SMILES string of the molecule is CCCc1cccc(C(N)C2(C)CCCCO2)c1. The maximum Gasteiger partial charge on any atom is 0.0846 e. The quantitative estimate of drug-likeness (QED) is 0.882. The molecule has 100 valence electrons. The van der Waals surface area contributed by atoms with Crippen molar-refractivity contribution in [2.24, 2.45) is 5.73 Å². The van der Waals surface area contributed by atoms with E-state index in [2.05, 4.69) is 38.1 Å². The molecule has 2 heteroatoms. The minimum atomic E-state index is -0.191. The molecule has 1 fully saturated rings. The zero-order valence-electron chi connectivity index (χ0n) is 11.6. The summed E-state index contributed by atoms with van der Waals surface area (Å²) in [5, 5.41) is 0. The Morgan fingerprint density at radius 2 is 2.22 bits per heavy atom. The van der Waals surface area contributed by atoms with Crippen LogP contribution in [0.3, 0.4) is 0 Å². The summed E-state index contributed by atoms with van der Waals surface area (Å²) >= 11 is 0. The molecule has 0 spiro atoms. The van der Waals surface area contributed by atoms with E-state index in [0.717, 1.165) is 25.9 Å². The zero-order valence-corrected chi connectivity index (χ0v) is 11.6. The van der Waals surface area contributed by atoms with E-state index in [0.29, 0.717) is 0 Å². The lowest BCUT2D eigenvalue weighted by Gasteiger charge is -2.39. The standard InChI is InChI=1S/C16H25NO/c1-3-7-13-8-6-9-14(12-13)15(17)16(2)10-4-5-11-18-16/h6,8-9,12,15H,3-5,7,10-11,17H2,1-2H3. The number of nitrogens with two attached hydrogens (primary N) is 1. The first-order valence-electron chi connectivity index (χ1n) is 7.14. The lowest BCUT2D eigenvalue weighted by atomic mass is 9.84. The maximum absolute atomic E-state index is 6.44. The van der Waals surface area contributed by atoms with Crippen LogP contribution in [0.15, 0.2) is 24.3 Å². The van der Waals surface area contributed by atoms with E-state index in [1.807, 2.05) is 0 Å². The number of hydrogen-bond acceptors (Lipinski definition) is 2. The summed E-state index contributed by atoms with van der Waals surface area (Å²) < 4.78 is 5.96. The molecule has 18 heavy (non-hydrogen) atoms. The fourth-order valence-electron chi connectivity index (χ4n) is 2.78.